The molecule has 0 radical (unpaired) electrons. The Morgan fingerprint density at radius 2 is 2.14 bits per heavy atom. The minimum absolute atomic E-state index is 0.115. The highest BCUT2D eigenvalue weighted by Gasteiger charge is 2.14. The first-order valence-corrected chi connectivity index (χ1v) is 3.89. The average molecular weight is 198 g/mol. The van der Waals surface area contributed by atoms with Crippen LogP contribution in [-0.4, -0.2) is 19.1 Å². The summed E-state index contributed by atoms with van der Waals surface area (Å²) in [5.41, 5.74) is 0.109. The quantitative estimate of drug-likeness (QED) is 0.557. The Morgan fingerprint density at radius 3 is 2.57 bits per heavy atom. The summed E-state index contributed by atoms with van der Waals surface area (Å²) < 4.78 is 4.90. The second-order valence-electron chi connectivity index (χ2n) is 2.70. The molecule has 76 valence electrons. The van der Waals surface area contributed by atoms with E-state index in [-0.39, 0.29) is 16.4 Å². The van der Waals surface area contributed by atoms with Gasteiger partial charge in [0.1, 0.15) is 0 Å². The number of hydrogen-bond donors (Lipinski definition) is 1. The van der Waals surface area contributed by atoms with Gasteiger partial charge in [0.25, 0.3) is 5.69 Å². The van der Waals surface area contributed by atoms with Gasteiger partial charge in [-0.05, 0) is 6.07 Å². The van der Waals surface area contributed by atoms with Crippen LogP contribution in [0.3, 0.4) is 0 Å². The zero-order chi connectivity index (χ0) is 10.7. The Balaban J connectivity index is 3.20. The molecule has 0 bridgehead atoms. The fourth-order valence-corrected chi connectivity index (χ4v) is 1.08. The largest absolute Gasteiger partial charge is 0.629 e. The van der Waals surface area contributed by atoms with Crippen molar-refractivity contribution in [1.82, 2.24) is 0 Å². The van der Waals surface area contributed by atoms with Crippen LogP contribution in [0.4, 0.5) is 11.4 Å². The fraction of sp³-hybridized carbons (Fsp3) is 0.250. The van der Waals surface area contributed by atoms with Crippen LogP contribution in [0.1, 0.15) is 0 Å². The van der Waals surface area contributed by atoms with Crippen molar-refractivity contribution in [2.45, 2.75) is 0 Å². The number of hydroxylamine groups is 1. The molecule has 0 aromatic heterocycles. The maximum absolute atomic E-state index is 11.1. The predicted molar refractivity (Wildman–Crippen MR) is 49.6 cm³/mol. The Hall–Kier alpha value is -1.66. The van der Waals surface area contributed by atoms with Gasteiger partial charge in [0.2, 0.25) is 0 Å². The molecule has 1 unspecified atom stereocenters. The summed E-state index contributed by atoms with van der Waals surface area (Å²) in [4.78, 5) is 9.88. The molecule has 1 aromatic rings. The Morgan fingerprint density at radius 1 is 1.50 bits per heavy atom. The number of hydrogen-bond acceptors (Lipinski definition) is 4. The molecule has 14 heavy (non-hydrogen) atoms. The van der Waals surface area contributed by atoms with Crippen molar-refractivity contribution in [2.75, 3.05) is 14.2 Å². The summed E-state index contributed by atoms with van der Waals surface area (Å²) in [5.74, 6) is 0.350. The molecule has 6 nitrogen and oxygen atoms in total. The van der Waals surface area contributed by atoms with Gasteiger partial charge in [0.15, 0.2) is 11.4 Å². The highest BCUT2D eigenvalue weighted by molar-refractivity contribution is 5.53. The van der Waals surface area contributed by atoms with Gasteiger partial charge >= 0.3 is 0 Å². The monoisotopic (exact) mass is 198 g/mol. The number of methoxy groups -OCH3 is 1. The number of nitrogens with one attached hydrogen (secondary N) is 1. The molecule has 0 aliphatic rings. The minimum atomic E-state index is -0.550. The SMILES string of the molecule is COc1ccc([N+](=O)[O-])cc1[NH+](C)[O-]. The molecule has 6 heteroatoms. The summed E-state index contributed by atoms with van der Waals surface area (Å²) in [7, 11) is 2.75. The lowest BCUT2D eigenvalue weighted by Crippen LogP contribution is -2.98. The first kappa shape index (κ1) is 10.4. The minimum Gasteiger partial charge on any atom is -0.629 e. The third kappa shape index (κ3) is 1.98. The second kappa shape index (κ2) is 4.03. The zero-order valence-electron chi connectivity index (χ0n) is 7.81. The van der Waals surface area contributed by atoms with Gasteiger partial charge in [-0.15, -0.1) is 0 Å². The number of non-ortho nitro benzene ring substituents is 1. The lowest BCUT2D eigenvalue weighted by Gasteiger charge is -2.17. The smallest absolute Gasteiger partial charge is 0.275 e. The number of nitro benzene ring substituents is 1. The Labute approximate surface area is 80.4 Å². The Bertz CT molecular complexity index is 351. The predicted octanol–water partition coefficient (Wildman–Crippen LogP) is 0.247. The van der Waals surface area contributed by atoms with Crippen molar-refractivity contribution in [1.29, 1.82) is 0 Å². The van der Waals surface area contributed by atoms with Crippen molar-refractivity contribution >= 4 is 11.4 Å². The van der Waals surface area contributed by atoms with Crippen LogP contribution >= 0.6 is 0 Å². The van der Waals surface area contributed by atoms with Crippen LogP contribution in [0.5, 0.6) is 5.75 Å². The van der Waals surface area contributed by atoms with E-state index in [0.29, 0.717) is 5.75 Å². The Kier molecular flexibility index (Phi) is 3.00. The number of quaternary nitrogens is 1. The third-order valence-corrected chi connectivity index (χ3v) is 1.77. The van der Waals surface area contributed by atoms with E-state index in [1.165, 1.54) is 32.4 Å². The second-order valence-corrected chi connectivity index (χ2v) is 2.70. The number of benzene rings is 1. The third-order valence-electron chi connectivity index (χ3n) is 1.77. The number of rotatable bonds is 3. The number of nitrogens with zero attached hydrogens (tertiary/aromatic N) is 1. The van der Waals surface area contributed by atoms with Crippen LogP contribution in [-0.2, 0) is 0 Å². The van der Waals surface area contributed by atoms with Crippen LogP contribution < -0.4 is 9.80 Å². The first-order chi connectivity index (χ1) is 6.56. The van der Waals surface area contributed by atoms with Gasteiger partial charge in [0, 0.05) is 6.07 Å². The molecule has 0 spiro atoms. The van der Waals surface area contributed by atoms with Crippen molar-refractivity contribution in [3.8, 4) is 5.75 Å². The molecule has 0 aliphatic heterocycles. The summed E-state index contributed by atoms with van der Waals surface area (Å²) in [6.45, 7) is 0. The molecule has 0 saturated carbocycles. The molecule has 0 aliphatic carbocycles. The van der Waals surface area contributed by atoms with E-state index in [1.54, 1.807) is 0 Å². The van der Waals surface area contributed by atoms with Gasteiger partial charge < -0.3 is 15.0 Å². The highest BCUT2D eigenvalue weighted by Crippen LogP contribution is 2.25. The van der Waals surface area contributed by atoms with Crippen LogP contribution in [0.2, 0.25) is 0 Å². The summed E-state index contributed by atoms with van der Waals surface area (Å²) in [6, 6.07) is 3.92. The van der Waals surface area contributed by atoms with E-state index in [1.807, 2.05) is 0 Å². The van der Waals surface area contributed by atoms with Crippen molar-refractivity contribution in [2.24, 2.45) is 0 Å². The van der Waals surface area contributed by atoms with E-state index in [0.717, 1.165) is 0 Å². The van der Waals surface area contributed by atoms with Gasteiger partial charge in [-0.3, -0.25) is 10.1 Å². The number of ether oxygens (including phenoxy) is 1. The summed E-state index contributed by atoms with van der Waals surface area (Å²) in [5, 5.41) is 21.3. The van der Waals surface area contributed by atoms with E-state index in [9.17, 15) is 15.3 Å². The summed E-state index contributed by atoms with van der Waals surface area (Å²) >= 11 is 0. The van der Waals surface area contributed by atoms with Gasteiger partial charge in [0.05, 0.1) is 25.1 Å². The topological polar surface area (TPSA) is 79.9 Å². The van der Waals surface area contributed by atoms with Gasteiger partial charge in [-0.25, -0.2) is 0 Å². The molecule has 0 fully saturated rings. The molecule has 0 heterocycles. The lowest BCUT2D eigenvalue weighted by atomic mass is 10.2. The normalized spacial score (nSPS) is 12.2. The van der Waals surface area contributed by atoms with E-state index < -0.39 is 4.92 Å². The van der Waals surface area contributed by atoms with Crippen molar-refractivity contribution in [3.05, 3.63) is 33.5 Å². The van der Waals surface area contributed by atoms with Crippen LogP contribution in [0.15, 0.2) is 18.2 Å². The lowest BCUT2D eigenvalue weighted by molar-refractivity contribution is -0.751. The van der Waals surface area contributed by atoms with Crippen molar-refractivity contribution < 1.29 is 14.7 Å². The molecule has 0 saturated heterocycles. The fourth-order valence-electron chi connectivity index (χ4n) is 1.08. The van der Waals surface area contributed by atoms with Crippen molar-refractivity contribution in [3.63, 3.8) is 0 Å². The number of nitro groups is 1. The maximum atomic E-state index is 11.1. The molecular formula is C8H10N2O4. The average Bonchev–Trinajstić information content (AvgIpc) is 2.16. The molecule has 0 amide bonds. The van der Waals surface area contributed by atoms with E-state index >= 15 is 0 Å². The van der Waals surface area contributed by atoms with E-state index in [4.69, 9.17) is 4.74 Å². The molecule has 1 aromatic carbocycles. The van der Waals surface area contributed by atoms with Gasteiger partial charge in [-0.1, -0.05) is 0 Å². The highest BCUT2D eigenvalue weighted by atomic mass is 16.6. The van der Waals surface area contributed by atoms with Gasteiger partial charge in [-0.2, -0.15) is 0 Å². The van der Waals surface area contributed by atoms with Crippen LogP contribution in [0.25, 0.3) is 0 Å². The zero-order valence-corrected chi connectivity index (χ0v) is 7.81. The maximum Gasteiger partial charge on any atom is 0.275 e. The van der Waals surface area contributed by atoms with Crippen LogP contribution in [0, 0.1) is 15.3 Å². The first-order valence-electron chi connectivity index (χ1n) is 3.89. The molecule has 1 rings (SSSR count). The summed E-state index contributed by atoms with van der Waals surface area (Å²) in [6.07, 6.45) is 0. The molecular weight excluding hydrogens is 188 g/mol. The van der Waals surface area contributed by atoms with E-state index in [2.05, 4.69) is 0 Å². The molecule has 1 N–H and O–H groups in total. The standard InChI is InChI=1S/C8H10N2O4/c1-9(11)7-5-6(10(12)13)3-4-8(7)14-2/h3-5,9H,1-2H3. The molecule has 1 atom stereocenters.